The number of hydrogen-bond donors (Lipinski definition) is 3. The zero-order valence-corrected chi connectivity index (χ0v) is 25.9. The molecular formula is C38H39N3O4. The van der Waals surface area contributed by atoms with Gasteiger partial charge in [-0.25, -0.2) is 0 Å². The molecule has 3 fully saturated rings. The summed E-state index contributed by atoms with van der Waals surface area (Å²) in [5, 5.41) is 13.2. The lowest BCUT2D eigenvalue weighted by molar-refractivity contribution is -0.134. The van der Waals surface area contributed by atoms with Crippen LogP contribution in [-0.4, -0.2) is 23.6 Å². The second-order valence-corrected chi connectivity index (χ2v) is 13.7. The summed E-state index contributed by atoms with van der Waals surface area (Å²) in [6.07, 6.45) is 3.57. The van der Waals surface area contributed by atoms with E-state index in [1.807, 2.05) is 98.8 Å². The molecule has 0 spiro atoms. The van der Waals surface area contributed by atoms with E-state index in [-0.39, 0.29) is 49.3 Å². The van der Waals surface area contributed by atoms with E-state index >= 15 is 0 Å². The maximum atomic E-state index is 14.3. The first-order valence-electron chi connectivity index (χ1n) is 16.1. The van der Waals surface area contributed by atoms with Gasteiger partial charge in [-0.3, -0.25) is 24.5 Å². The summed E-state index contributed by atoms with van der Waals surface area (Å²) >= 11 is 0. The number of benzene rings is 4. The van der Waals surface area contributed by atoms with Gasteiger partial charge in [-0.05, 0) is 84.3 Å². The Balaban J connectivity index is 1.22. The largest absolute Gasteiger partial charge is 0.326 e. The molecular weight excluding hydrogens is 562 g/mol. The van der Waals surface area contributed by atoms with Crippen molar-refractivity contribution in [2.24, 2.45) is 21.7 Å². The molecule has 1 heterocycles. The molecule has 3 N–H and O–H groups in total. The van der Waals surface area contributed by atoms with E-state index < -0.39 is 21.7 Å². The van der Waals surface area contributed by atoms with Crippen LogP contribution in [0, 0.1) is 21.7 Å². The minimum atomic E-state index is -1.12. The van der Waals surface area contributed by atoms with Crippen LogP contribution in [0.2, 0.25) is 0 Å². The van der Waals surface area contributed by atoms with E-state index in [9.17, 15) is 19.2 Å². The SMILES string of the molecule is CCCC1(C(=O)Nc2ccc3ccccc3c2)CC23CC(CCC)(C(=O)Nc4ccc5ccccc5c4)CC2(C1)C(=O)NC3=O. The van der Waals surface area contributed by atoms with E-state index in [4.69, 9.17) is 0 Å². The van der Waals surface area contributed by atoms with Gasteiger partial charge in [-0.15, -0.1) is 0 Å². The molecule has 1 saturated heterocycles. The highest BCUT2D eigenvalue weighted by atomic mass is 16.2. The Hall–Kier alpha value is -4.52. The normalized spacial score (nSPS) is 28.6. The van der Waals surface area contributed by atoms with Crippen LogP contribution in [0.1, 0.15) is 65.2 Å². The summed E-state index contributed by atoms with van der Waals surface area (Å²) in [7, 11) is 0. The molecule has 7 rings (SSSR count). The Bertz CT molecular complexity index is 1730. The maximum Gasteiger partial charge on any atom is 0.233 e. The van der Waals surface area contributed by atoms with Crippen LogP contribution < -0.4 is 16.0 Å². The minimum Gasteiger partial charge on any atom is -0.326 e. The predicted molar refractivity (Wildman–Crippen MR) is 176 cm³/mol. The van der Waals surface area contributed by atoms with Gasteiger partial charge in [-0.1, -0.05) is 87.4 Å². The van der Waals surface area contributed by atoms with Gasteiger partial charge >= 0.3 is 0 Å². The molecule has 0 bridgehead atoms. The van der Waals surface area contributed by atoms with Crippen molar-refractivity contribution in [3.05, 3.63) is 84.9 Å². The van der Waals surface area contributed by atoms with Gasteiger partial charge in [0.1, 0.15) is 0 Å². The van der Waals surface area contributed by atoms with Crippen LogP contribution in [0.25, 0.3) is 21.5 Å². The van der Waals surface area contributed by atoms with E-state index in [1.165, 1.54) is 0 Å². The molecule has 0 radical (unpaired) electrons. The smallest absolute Gasteiger partial charge is 0.233 e. The Kier molecular flexibility index (Phi) is 6.84. The molecule has 1 aliphatic heterocycles. The second-order valence-electron chi connectivity index (χ2n) is 13.7. The molecule has 4 amide bonds. The molecule has 230 valence electrons. The zero-order valence-electron chi connectivity index (χ0n) is 25.9. The third-order valence-electron chi connectivity index (χ3n) is 11.0. The Labute approximate surface area is 263 Å². The number of anilines is 2. The number of nitrogens with one attached hydrogen (secondary N) is 3. The van der Waals surface area contributed by atoms with Gasteiger partial charge in [0.05, 0.1) is 21.7 Å². The first-order valence-corrected chi connectivity index (χ1v) is 16.1. The number of carbonyl (C=O) groups excluding carboxylic acids is 4. The van der Waals surface area contributed by atoms with E-state index in [2.05, 4.69) is 16.0 Å². The molecule has 0 unspecified atom stereocenters. The predicted octanol–water partition coefficient (Wildman–Crippen LogP) is 7.36. The van der Waals surface area contributed by atoms with Crippen LogP contribution in [0.15, 0.2) is 84.9 Å². The van der Waals surface area contributed by atoms with Crippen molar-refractivity contribution < 1.29 is 19.2 Å². The van der Waals surface area contributed by atoms with Gasteiger partial charge in [0.2, 0.25) is 23.6 Å². The highest BCUT2D eigenvalue weighted by Crippen LogP contribution is 2.76. The molecule has 3 aliphatic rings. The summed E-state index contributed by atoms with van der Waals surface area (Å²) in [6, 6.07) is 27.6. The molecule has 4 aromatic rings. The Morgan fingerprint density at radius 3 is 1.36 bits per heavy atom. The first-order chi connectivity index (χ1) is 21.7. The topological polar surface area (TPSA) is 104 Å². The van der Waals surface area contributed by atoms with Crippen LogP contribution in [0.3, 0.4) is 0 Å². The zero-order chi connectivity index (χ0) is 31.5. The van der Waals surface area contributed by atoms with E-state index in [1.54, 1.807) is 0 Å². The average Bonchev–Trinajstić information content (AvgIpc) is 3.54. The summed E-state index contributed by atoms with van der Waals surface area (Å²) in [5.41, 5.74) is -2.65. The molecule has 2 saturated carbocycles. The Morgan fingerprint density at radius 2 is 0.978 bits per heavy atom. The van der Waals surface area contributed by atoms with Crippen LogP contribution in [0.4, 0.5) is 11.4 Å². The highest BCUT2D eigenvalue weighted by molar-refractivity contribution is 6.14. The average molecular weight is 602 g/mol. The lowest BCUT2D eigenvalue weighted by Crippen LogP contribution is -2.44. The second kappa shape index (κ2) is 10.5. The number of carbonyl (C=O) groups is 4. The van der Waals surface area contributed by atoms with Crippen molar-refractivity contribution in [1.29, 1.82) is 0 Å². The maximum absolute atomic E-state index is 14.3. The summed E-state index contributed by atoms with van der Waals surface area (Å²) in [4.78, 5) is 56.4. The molecule has 7 nitrogen and oxygen atoms in total. The van der Waals surface area contributed by atoms with Crippen molar-refractivity contribution in [2.45, 2.75) is 65.2 Å². The molecule has 2 aliphatic carbocycles. The number of imide groups is 1. The van der Waals surface area contributed by atoms with Crippen molar-refractivity contribution in [3.8, 4) is 0 Å². The van der Waals surface area contributed by atoms with Gasteiger partial charge < -0.3 is 10.6 Å². The van der Waals surface area contributed by atoms with E-state index in [0.29, 0.717) is 24.2 Å². The summed E-state index contributed by atoms with van der Waals surface area (Å²) in [6.45, 7) is 4.06. The number of rotatable bonds is 8. The van der Waals surface area contributed by atoms with Crippen LogP contribution in [-0.2, 0) is 19.2 Å². The molecule has 0 atom stereocenters. The standard InChI is InChI=1S/C38H39N3O4/c1-3-17-35(31(42)39-29-15-13-25-9-5-7-11-27(25)19-29)21-37-23-36(18-4-2,24-38(37,22-35)34(45)41-33(37)44)32(43)40-30-16-14-26-10-6-8-12-28(26)20-30/h5-16,19-20H,3-4,17-18,21-24H2,1-2H3,(H,39,42)(H,40,43)(H,41,44,45). The van der Waals surface area contributed by atoms with Gasteiger partial charge in [0, 0.05) is 11.4 Å². The van der Waals surface area contributed by atoms with Gasteiger partial charge in [-0.2, -0.15) is 0 Å². The minimum absolute atomic E-state index is 0.156. The van der Waals surface area contributed by atoms with Crippen LogP contribution in [0.5, 0.6) is 0 Å². The Morgan fingerprint density at radius 1 is 0.600 bits per heavy atom. The highest BCUT2D eigenvalue weighted by Gasteiger charge is 2.81. The first kappa shape index (κ1) is 29.2. The fraction of sp³-hybridized carbons (Fsp3) is 0.368. The fourth-order valence-electron chi connectivity index (χ4n) is 9.26. The quantitative estimate of drug-likeness (QED) is 0.184. The number of amides is 4. The van der Waals surface area contributed by atoms with Gasteiger partial charge in [0.15, 0.2) is 0 Å². The van der Waals surface area contributed by atoms with Crippen molar-refractivity contribution in [3.63, 3.8) is 0 Å². The monoisotopic (exact) mass is 601 g/mol. The van der Waals surface area contributed by atoms with E-state index in [0.717, 1.165) is 34.4 Å². The molecule has 7 heteroatoms. The third kappa shape index (κ3) is 4.38. The van der Waals surface area contributed by atoms with Crippen molar-refractivity contribution >= 4 is 56.5 Å². The molecule has 4 aromatic carbocycles. The van der Waals surface area contributed by atoms with Crippen molar-refractivity contribution in [1.82, 2.24) is 5.32 Å². The fourth-order valence-corrected chi connectivity index (χ4v) is 9.26. The lowest BCUT2D eigenvalue weighted by atomic mass is 9.69. The third-order valence-corrected chi connectivity index (χ3v) is 11.0. The van der Waals surface area contributed by atoms with Gasteiger partial charge in [0.25, 0.3) is 0 Å². The molecule has 0 aromatic heterocycles. The summed E-state index contributed by atoms with van der Waals surface area (Å²) < 4.78 is 0. The lowest BCUT2D eigenvalue weighted by Gasteiger charge is -2.36. The number of fused-ring (bicyclic) bond motifs is 2. The molecule has 45 heavy (non-hydrogen) atoms. The van der Waals surface area contributed by atoms with Crippen molar-refractivity contribution in [2.75, 3.05) is 10.6 Å². The number of hydrogen-bond acceptors (Lipinski definition) is 4. The van der Waals surface area contributed by atoms with Crippen LogP contribution >= 0.6 is 0 Å². The summed E-state index contributed by atoms with van der Waals surface area (Å²) in [5.74, 6) is -0.977.